The van der Waals surface area contributed by atoms with Crippen molar-refractivity contribution in [1.82, 2.24) is 9.78 Å². The molecule has 1 aromatic carbocycles. The molecule has 2 aromatic rings. The zero-order valence-electron chi connectivity index (χ0n) is 9.27. The fourth-order valence-electron chi connectivity index (χ4n) is 1.46. The number of carbonyl (C=O) groups is 1. The van der Waals surface area contributed by atoms with Gasteiger partial charge >= 0.3 is 0 Å². The van der Waals surface area contributed by atoms with Crippen LogP contribution in [0.4, 0.5) is 5.69 Å². The maximum Gasteiger partial charge on any atom is 0.258 e. The van der Waals surface area contributed by atoms with E-state index < -0.39 is 0 Å². The van der Waals surface area contributed by atoms with Crippen LogP contribution in [0.5, 0.6) is 0 Å². The number of carbonyl (C=O) groups excluding carboxylic acids is 1. The van der Waals surface area contributed by atoms with Gasteiger partial charge in [0, 0.05) is 18.9 Å². The molecular weight excluding hydrogens is 202 g/mol. The number of rotatable bonds is 2. The number of benzene rings is 1. The third-order valence-electron chi connectivity index (χ3n) is 2.24. The van der Waals surface area contributed by atoms with Crippen LogP contribution in [0.3, 0.4) is 0 Å². The highest BCUT2D eigenvalue weighted by molar-refractivity contribution is 6.03. The van der Waals surface area contributed by atoms with E-state index in [1.165, 1.54) is 0 Å². The van der Waals surface area contributed by atoms with Gasteiger partial charge in [-0.05, 0) is 24.6 Å². The SMILES string of the molecule is Cc1cccc(NC(=O)c2cnn(C)c2)c1. The summed E-state index contributed by atoms with van der Waals surface area (Å²) in [6.07, 6.45) is 3.23. The lowest BCUT2D eigenvalue weighted by Gasteiger charge is -2.03. The van der Waals surface area contributed by atoms with Crippen molar-refractivity contribution in [3.63, 3.8) is 0 Å². The number of aromatic nitrogens is 2. The highest BCUT2D eigenvalue weighted by Gasteiger charge is 2.07. The van der Waals surface area contributed by atoms with Crippen LogP contribution in [0.15, 0.2) is 36.7 Å². The zero-order valence-corrected chi connectivity index (χ0v) is 9.27. The predicted octanol–water partition coefficient (Wildman–Crippen LogP) is 1.98. The molecule has 0 aliphatic carbocycles. The van der Waals surface area contributed by atoms with E-state index in [-0.39, 0.29) is 5.91 Å². The fraction of sp³-hybridized carbons (Fsp3) is 0.167. The Balaban J connectivity index is 2.13. The van der Waals surface area contributed by atoms with E-state index in [0.717, 1.165) is 11.3 Å². The third-order valence-corrected chi connectivity index (χ3v) is 2.24. The van der Waals surface area contributed by atoms with Crippen molar-refractivity contribution in [2.45, 2.75) is 6.92 Å². The number of hydrogen-bond donors (Lipinski definition) is 1. The van der Waals surface area contributed by atoms with Crippen molar-refractivity contribution in [2.75, 3.05) is 5.32 Å². The van der Waals surface area contributed by atoms with Gasteiger partial charge in [0.25, 0.3) is 5.91 Å². The number of aryl methyl sites for hydroxylation is 2. The van der Waals surface area contributed by atoms with Gasteiger partial charge in [-0.25, -0.2) is 0 Å². The van der Waals surface area contributed by atoms with Gasteiger partial charge in [-0.3, -0.25) is 9.48 Å². The lowest BCUT2D eigenvalue weighted by Crippen LogP contribution is -2.11. The Morgan fingerprint density at radius 2 is 2.25 bits per heavy atom. The maximum absolute atomic E-state index is 11.8. The van der Waals surface area contributed by atoms with Gasteiger partial charge in [0.05, 0.1) is 11.8 Å². The van der Waals surface area contributed by atoms with Gasteiger partial charge in [0.1, 0.15) is 0 Å². The first-order valence-electron chi connectivity index (χ1n) is 5.02. The summed E-state index contributed by atoms with van der Waals surface area (Å²) >= 11 is 0. The largest absolute Gasteiger partial charge is 0.322 e. The molecule has 1 N–H and O–H groups in total. The Morgan fingerprint density at radius 1 is 1.44 bits per heavy atom. The van der Waals surface area contributed by atoms with E-state index in [9.17, 15) is 4.79 Å². The minimum atomic E-state index is -0.140. The number of amides is 1. The van der Waals surface area contributed by atoms with Crippen molar-refractivity contribution in [1.29, 1.82) is 0 Å². The Bertz CT molecular complexity index is 516. The van der Waals surface area contributed by atoms with Gasteiger partial charge in [0.2, 0.25) is 0 Å². The molecule has 4 nitrogen and oxygen atoms in total. The summed E-state index contributed by atoms with van der Waals surface area (Å²) in [5, 5.41) is 6.77. The van der Waals surface area contributed by atoms with E-state index in [2.05, 4.69) is 10.4 Å². The van der Waals surface area contributed by atoms with Gasteiger partial charge in [-0.2, -0.15) is 5.10 Å². The molecule has 0 bridgehead atoms. The van der Waals surface area contributed by atoms with Crippen molar-refractivity contribution in [3.05, 3.63) is 47.8 Å². The molecule has 1 heterocycles. The predicted molar refractivity (Wildman–Crippen MR) is 62.3 cm³/mol. The van der Waals surface area contributed by atoms with Gasteiger partial charge in [0.15, 0.2) is 0 Å². The van der Waals surface area contributed by atoms with Crippen molar-refractivity contribution < 1.29 is 4.79 Å². The monoisotopic (exact) mass is 215 g/mol. The molecule has 0 fully saturated rings. The number of nitrogens with zero attached hydrogens (tertiary/aromatic N) is 2. The second-order valence-electron chi connectivity index (χ2n) is 3.73. The molecule has 0 aliphatic rings. The van der Waals surface area contributed by atoms with Crippen LogP contribution in [0, 0.1) is 6.92 Å². The fourth-order valence-corrected chi connectivity index (χ4v) is 1.46. The lowest BCUT2D eigenvalue weighted by atomic mass is 10.2. The van der Waals surface area contributed by atoms with Crippen molar-refractivity contribution in [3.8, 4) is 0 Å². The van der Waals surface area contributed by atoms with Crippen LogP contribution >= 0.6 is 0 Å². The Labute approximate surface area is 93.9 Å². The van der Waals surface area contributed by atoms with E-state index in [1.54, 1.807) is 24.1 Å². The molecule has 0 unspecified atom stereocenters. The minimum absolute atomic E-state index is 0.140. The summed E-state index contributed by atoms with van der Waals surface area (Å²) in [5.41, 5.74) is 2.47. The average molecular weight is 215 g/mol. The molecule has 0 atom stereocenters. The van der Waals surface area contributed by atoms with E-state index >= 15 is 0 Å². The van der Waals surface area contributed by atoms with Gasteiger partial charge in [-0.15, -0.1) is 0 Å². The van der Waals surface area contributed by atoms with Crippen LogP contribution in [-0.2, 0) is 7.05 Å². The van der Waals surface area contributed by atoms with Crippen LogP contribution in [0.2, 0.25) is 0 Å². The van der Waals surface area contributed by atoms with Crippen LogP contribution in [-0.4, -0.2) is 15.7 Å². The molecule has 0 saturated heterocycles. The molecule has 2 rings (SSSR count). The number of nitrogens with one attached hydrogen (secondary N) is 1. The third kappa shape index (κ3) is 2.28. The topological polar surface area (TPSA) is 46.9 Å². The molecule has 16 heavy (non-hydrogen) atoms. The standard InChI is InChI=1S/C12H13N3O/c1-9-4-3-5-11(6-9)14-12(16)10-7-13-15(2)8-10/h3-8H,1-2H3,(H,14,16). The molecule has 0 saturated carbocycles. The Morgan fingerprint density at radius 3 is 2.88 bits per heavy atom. The van der Waals surface area contributed by atoms with Crippen LogP contribution < -0.4 is 5.32 Å². The number of hydrogen-bond acceptors (Lipinski definition) is 2. The second-order valence-corrected chi connectivity index (χ2v) is 3.73. The summed E-state index contributed by atoms with van der Waals surface area (Å²) in [6.45, 7) is 1.99. The van der Waals surface area contributed by atoms with Crippen LogP contribution in [0.25, 0.3) is 0 Å². The molecule has 0 aliphatic heterocycles. The molecular formula is C12H13N3O. The molecule has 0 radical (unpaired) electrons. The molecule has 1 aromatic heterocycles. The smallest absolute Gasteiger partial charge is 0.258 e. The quantitative estimate of drug-likeness (QED) is 0.832. The summed E-state index contributed by atoms with van der Waals surface area (Å²) < 4.78 is 1.60. The summed E-state index contributed by atoms with van der Waals surface area (Å²) in [5.74, 6) is -0.140. The van der Waals surface area contributed by atoms with Gasteiger partial charge in [-0.1, -0.05) is 12.1 Å². The Hall–Kier alpha value is -2.10. The number of anilines is 1. The normalized spacial score (nSPS) is 10.1. The molecule has 1 amide bonds. The first kappa shape index (κ1) is 10.4. The van der Waals surface area contributed by atoms with Crippen molar-refractivity contribution in [2.24, 2.45) is 7.05 Å². The minimum Gasteiger partial charge on any atom is -0.322 e. The maximum atomic E-state index is 11.8. The average Bonchev–Trinajstić information content (AvgIpc) is 2.65. The lowest BCUT2D eigenvalue weighted by molar-refractivity contribution is 0.102. The van der Waals surface area contributed by atoms with Crippen molar-refractivity contribution >= 4 is 11.6 Å². The summed E-state index contributed by atoms with van der Waals surface area (Å²) in [6, 6.07) is 7.68. The van der Waals surface area contributed by atoms with E-state index in [4.69, 9.17) is 0 Å². The first-order valence-corrected chi connectivity index (χ1v) is 5.02. The summed E-state index contributed by atoms with van der Waals surface area (Å²) in [4.78, 5) is 11.8. The van der Waals surface area contributed by atoms with E-state index in [1.807, 2.05) is 31.2 Å². The second kappa shape index (κ2) is 4.18. The van der Waals surface area contributed by atoms with E-state index in [0.29, 0.717) is 5.56 Å². The van der Waals surface area contributed by atoms with Crippen LogP contribution in [0.1, 0.15) is 15.9 Å². The summed E-state index contributed by atoms with van der Waals surface area (Å²) in [7, 11) is 1.78. The highest BCUT2D eigenvalue weighted by Crippen LogP contribution is 2.11. The Kier molecular flexibility index (Phi) is 2.72. The molecule has 82 valence electrons. The molecule has 4 heteroatoms. The van der Waals surface area contributed by atoms with Gasteiger partial charge < -0.3 is 5.32 Å². The molecule has 0 spiro atoms. The highest BCUT2D eigenvalue weighted by atomic mass is 16.1. The zero-order chi connectivity index (χ0) is 11.5. The first-order chi connectivity index (χ1) is 7.65.